The van der Waals surface area contributed by atoms with Gasteiger partial charge in [-0.05, 0) is 6.92 Å². The average Bonchev–Trinajstić information content (AvgIpc) is 2.09. The van der Waals surface area contributed by atoms with Gasteiger partial charge in [0.1, 0.15) is 0 Å². The van der Waals surface area contributed by atoms with E-state index in [4.69, 9.17) is 15.5 Å². The molecule has 0 fully saturated rings. The molecule has 5 nitrogen and oxygen atoms in total. The van der Waals surface area contributed by atoms with E-state index in [0.29, 0.717) is 0 Å². The van der Waals surface area contributed by atoms with E-state index in [1.807, 2.05) is 0 Å². The molecule has 2 N–H and O–H groups in total. The molecule has 0 radical (unpaired) electrons. The normalized spacial score (nSPS) is 10.5. The van der Waals surface area contributed by atoms with Gasteiger partial charge in [0.05, 0.1) is 25.9 Å². The number of carbonyl (C=O) groups excluding carboxylic acids is 1. The van der Waals surface area contributed by atoms with E-state index in [-0.39, 0.29) is 6.61 Å². The van der Waals surface area contributed by atoms with Crippen LogP contribution in [-0.2, 0) is 9.53 Å². The van der Waals surface area contributed by atoms with Crippen LogP contribution in [0, 0.1) is 16.7 Å². The van der Waals surface area contributed by atoms with Gasteiger partial charge in [-0.3, -0.25) is 4.79 Å². The van der Waals surface area contributed by atoms with Crippen molar-refractivity contribution in [3.63, 3.8) is 0 Å². The molecule has 0 saturated heterocycles. The molecule has 0 aromatic heterocycles. The van der Waals surface area contributed by atoms with Gasteiger partial charge in [0.15, 0.2) is 5.41 Å². The maximum atomic E-state index is 11.0. The van der Waals surface area contributed by atoms with Crippen LogP contribution in [0.15, 0.2) is 0 Å². The van der Waals surface area contributed by atoms with Crippen molar-refractivity contribution in [2.75, 3.05) is 19.8 Å². The quantitative estimate of drug-likeness (QED) is 0.534. The summed E-state index contributed by atoms with van der Waals surface area (Å²) in [6, 6.07) is 1.52. The molecule has 0 aliphatic carbocycles. The zero-order valence-electron chi connectivity index (χ0n) is 6.78. The molecule has 0 atom stereocenters. The molecule has 0 aliphatic heterocycles. The number of carbonyl (C=O) groups is 1. The highest BCUT2D eigenvalue weighted by Gasteiger charge is 2.39. The lowest BCUT2D eigenvalue weighted by Gasteiger charge is -2.18. The molecule has 68 valence electrons. The van der Waals surface area contributed by atoms with Crippen molar-refractivity contribution in [3.05, 3.63) is 0 Å². The van der Waals surface area contributed by atoms with E-state index >= 15 is 0 Å². The average molecular weight is 173 g/mol. The van der Waals surface area contributed by atoms with Crippen molar-refractivity contribution in [2.45, 2.75) is 6.92 Å². The highest BCUT2D eigenvalue weighted by molar-refractivity contribution is 5.80. The van der Waals surface area contributed by atoms with Crippen molar-refractivity contribution in [1.29, 1.82) is 5.26 Å². The molecule has 0 aromatic rings. The summed E-state index contributed by atoms with van der Waals surface area (Å²) < 4.78 is 4.50. The Labute approximate surface area is 70.2 Å². The molecule has 0 rings (SSSR count). The lowest BCUT2D eigenvalue weighted by Crippen LogP contribution is -2.38. The van der Waals surface area contributed by atoms with Crippen LogP contribution in [0.2, 0.25) is 0 Å². The number of nitriles is 1. The van der Waals surface area contributed by atoms with Crippen LogP contribution >= 0.6 is 0 Å². The van der Waals surface area contributed by atoms with E-state index < -0.39 is 24.6 Å². The fourth-order valence-electron chi connectivity index (χ4n) is 0.565. The minimum absolute atomic E-state index is 0.113. The SMILES string of the molecule is CCOC(=O)C(C#N)(CO)CO. The smallest absolute Gasteiger partial charge is 0.331 e. The lowest BCUT2D eigenvalue weighted by atomic mass is 9.92. The van der Waals surface area contributed by atoms with Crippen LogP contribution in [0.4, 0.5) is 0 Å². The Morgan fingerprint density at radius 1 is 1.58 bits per heavy atom. The van der Waals surface area contributed by atoms with E-state index in [1.165, 1.54) is 6.07 Å². The first-order valence-electron chi connectivity index (χ1n) is 3.47. The van der Waals surface area contributed by atoms with Crippen LogP contribution in [-0.4, -0.2) is 36.0 Å². The summed E-state index contributed by atoms with van der Waals surface area (Å²) in [5.41, 5.74) is -1.81. The second kappa shape index (κ2) is 4.70. The Kier molecular flexibility index (Phi) is 4.26. The predicted octanol–water partition coefficient (Wildman–Crippen LogP) is -0.956. The number of aliphatic hydroxyl groups is 2. The molecular formula is C7H11NO4. The van der Waals surface area contributed by atoms with Gasteiger partial charge in [0, 0.05) is 0 Å². The van der Waals surface area contributed by atoms with Gasteiger partial charge in [-0.15, -0.1) is 0 Å². The van der Waals surface area contributed by atoms with Crippen molar-refractivity contribution < 1.29 is 19.7 Å². The Balaban J connectivity index is 4.51. The predicted molar refractivity (Wildman–Crippen MR) is 38.9 cm³/mol. The van der Waals surface area contributed by atoms with Crippen LogP contribution in [0.25, 0.3) is 0 Å². The first kappa shape index (κ1) is 10.9. The molecule has 0 aliphatic rings. The van der Waals surface area contributed by atoms with Crippen molar-refractivity contribution in [2.24, 2.45) is 5.41 Å². The molecule has 0 aromatic carbocycles. The van der Waals surface area contributed by atoms with E-state index in [9.17, 15) is 4.79 Å². The number of esters is 1. The van der Waals surface area contributed by atoms with E-state index in [1.54, 1.807) is 6.92 Å². The highest BCUT2D eigenvalue weighted by atomic mass is 16.5. The third-order valence-corrected chi connectivity index (χ3v) is 1.42. The lowest BCUT2D eigenvalue weighted by molar-refractivity contribution is -0.156. The van der Waals surface area contributed by atoms with Crippen LogP contribution in [0.3, 0.4) is 0 Å². The molecule has 12 heavy (non-hydrogen) atoms. The monoisotopic (exact) mass is 173 g/mol. The Morgan fingerprint density at radius 2 is 2.08 bits per heavy atom. The number of hydrogen-bond acceptors (Lipinski definition) is 5. The van der Waals surface area contributed by atoms with Gasteiger partial charge in [-0.1, -0.05) is 0 Å². The Hall–Kier alpha value is -1.12. The second-order valence-electron chi connectivity index (χ2n) is 2.23. The Bertz CT molecular complexity index is 192. The van der Waals surface area contributed by atoms with Crippen molar-refractivity contribution in [1.82, 2.24) is 0 Å². The first-order valence-corrected chi connectivity index (χ1v) is 3.47. The second-order valence-corrected chi connectivity index (χ2v) is 2.23. The zero-order valence-corrected chi connectivity index (χ0v) is 6.78. The molecule has 0 heterocycles. The fourth-order valence-corrected chi connectivity index (χ4v) is 0.565. The van der Waals surface area contributed by atoms with Gasteiger partial charge in [-0.25, -0.2) is 0 Å². The summed E-state index contributed by atoms with van der Waals surface area (Å²) in [7, 11) is 0. The van der Waals surface area contributed by atoms with Crippen molar-refractivity contribution >= 4 is 5.97 Å². The first-order chi connectivity index (χ1) is 5.66. The molecule has 0 saturated carbocycles. The van der Waals surface area contributed by atoms with Gasteiger partial charge in [0.2, 0.25) is 0 Å². The number of rotatable bonds is 4. The molecule has 0 unspecified atom stereocenters. The summed E-state index contributed by atoms with van der Waals surface area (Å²) in [6.07, 6.45) is 0. The van der Waals surface area contributed by atoms with Crippen molar-refractivity contribution in [3.8, 4) is 6.07 Å². The summed E-state index contributed by atoms with van der Waals surface area (Å²) >= 11 is 0. The molecule has 0 amide bonds. The van der Waals surface area contributed by atoms with Crippen LogP contribution in [0.1, 0.15) is 6.92 Å². The molecular weight excluding hydrogens is 162 g/mol. The fraction of sp³-hybridized carbons (Fsp3) is 0.714. The summed E-state index contributed by atoms with van der Waals surface area (Å²) in [4.78, 5) is 11.0. The number of aliphatic hydroxyl groups excluding tert-OH is 2. The minimum Gasteiger partial charge on any atom is -0.465 e. The third-order valence-electron chi connectivity index (χ3n) is 1.42. The number of ether oxygens (including phenoxy) is 1. The maximum Gasteiger partial charge on any atom is 0.331 e. The summed E-state index contributed by atoms with van der Waals surface area (Å²) in [6.45, 7) is 0.217. The number of nitrogens with zero attached hydrogens (tertiary/aromatic N) is 1. The van der Waals surface area contributed by atoms with E-state index in [0.717, 1.165) is 0 Å². The van der Waals surface area contributed by atoms with Gasteiger partial charge in [0.25, 0.3) is 0 Å². The van der Waals surface area contributed by atoms with E-state index in [2.05, 4.69) is 4.74 Å². The van der Waals surface area contributed by atoms with Crippen LogP contribution < -0.4 is 0 Å². The topological polar surface area (TPSA) is 90.6 Å². The molecule has 0 spiro atoms. The minimum atomic E-state index is -1.81. The maximum absolute atomic E-state index is 11.0. The summed E-state index contributed by atoms with van der Waals surface area (Å²) in [5, 5.41) is 25.9. The zero-order chi connectivity index (χ0) is 9.61. The van der Waals surface area contributed by atoms with Gasteiger partial charge in [-0.2, -0.15) is 5.26 Å². The largest absolute Gasteiger partial charge is 0.465 e. The van der Waals surface area contributed by atoms with Crippen LogP contribution in [0.5, 0.6) is 0 Å². The van der Waals surface area contributed by atoms with Gasteiger partial charge >= 0.3 is 5.97 Å². The molecule has 5 heteroatoms. The standard InChI is InChI=1S/C7H11NO4/c1-2-12-6(11)7(3-8,4-9)5-10/h9-10H,2,4-5H2,1H3. The summed E-state index contributed by atoms with van der Waals surface area (Å²) in [5.74, 6) is -0.891. The Morgan fingerprint density at radius 3 is 2.33 bits per heavy atom. The highest BCUT2D eigenvalue weighted by Crippen LogP contribution is 2.16. The third kappa shape index (κ3) is 1.94. The molecule has 0 bridgehead atoms. The number of hydrogen-bond donors (Lipinski definition) is 2. The van der Waals surface area contributed by atoms with Gasteiger partial charge < -0.3 is 14.9 Å².